The predicted molar refractivity (Wildman–Crippen MR) is 174 cm³/mol. The molecule has 0 N–H and O–H groups in total. The third-order valence-corrected chi connectivity index (χ3v) is 8.35. The Morgan fingerprint density at radius 3 is 2.27 bits per heavy atom. The van der Waals surface area contributed by atoms with Crippen LogP contribution in [0, 0.1) is 19.1 Å². The van der Waals surface area contributed by atoms with Crippen LogP contribution in [0.15, 0.2) is 122 Å². The number of hydrogen-bond acceptors (Lipinski definition) is 4. The molecule has 6 nitrogen and oxygen atoms in total. The number of nitrogens with zero attached hydrogens (tertiary/aromatic N) is 5. The molecule has 0 aliphatic heterocycles. The maximum absolute atomic E-state index is 6.76. The first kappa shape index (κ1) is 27.2. The van der Waals surface area contributed by atoms with Gasteiger partial charge in [0.05, 0.1) is 5.65 Å². The van der Waals surface area contributed by atoms with E-state index in [4.69, 9.17) is 4.74 Å². The quantitative estimate of drug-likeness (QED) is 0.133. The first-order chi connectivity index (χ1) is 21.7. The van der Waals surface area contributed by atoms with Gasteiger partial charge in [-0.3, -0.25) is 0 Å². The van der Waals surface area contributed by atoms with Gasteiger partial charge in [0, 0.05) is 28.7 Å². The topological polar surface area (TPSA) is 57.2 Å². The summed E-state index contributed by atoms with van der Waals surface area (Å²) < 4.78 is 10.9. The molecule has 0 aliphatic rings. The Bertz CT molecular complexity index is 2550. The van der Waals surface area contributed by atoms with Gasteiger partial charge in [-0.25, -0.2) is 4.98 Å². The predicted octanol–water partition coefficient (Wildman–Crippen LogP) is 8.89. The average molecular weight is 761 g/mol. The van der Waals surface area contributed by atoms with E-state index in [0.29, 0.717) is 11.5 Å². The fourth-order valence-electron chi connectivity index (χ4n) is 6.34. The van der Waals surface area contributed by atoms with E-state index in [2.05, 4.69) is 112 Å². The van der Waals surface area contributed by atoms with Crippen LogP contribution in [-0.2, 0) is 21.1 Å². The van der Waals surface area contributed by atoms with Crippen molar-refractivity contribution < 1.29 is 25.8 Å². The van der Waals surface area contributed by atoms with Crippen molar-refractivity contribution in [1.82, 2.24) is 24.1 Å². The second kappa shape index (κ2) is 10.7. The summed E-state index contributed by atoms with van der Waals surface area (Å²) in [7, 11) is 0. The monoisotopic (exact) mass is 760 g/mol. The molecule has 9 rings (SSSR count). The molecule has 0 unspecified atom stereocenters. The third-order valence-electron chi connectivity index (χ3n) is 8.35. The van der Waals surface area contributed by atoms with Crippen molar-refractivity contribution in [3.8, 4) is 28.4 Å². The number of ether oxygens (including phenoxy) is 1. The van der Waals surface area contributed by atoms with Gasteiger partial charge in [0.1, 0.15) is 12.1 Å². The first-order valence-corrected chi connectivity index (χ1v) is 14.5. The summed E-state index contributed by atoms with van der Waals surface area (Å²) in [6.45, 7) is 2.12. The molecule has 4 aromatic heterocycles. The smallest absolute Gasteiger partial charge is 0.502 e. The zero-order valence-electron chi connectivity index (χ0n) is 24.0. The molecule has 0 radical (unpaired) electrons. The maximum Gasteiger partial charge on any atom is 2.00 e. The molecular weight excluding hydrogens is 738 g/mol. The Balaban J connectivity index is 0.00000300. The standard InChI is InChI=1S/C38H23N5O.Pt/c1-24-10-2-3-11-26(24)31-21-30-28-13-4-6-14-33(28)42-23-40-41-38(42)32(30)22-36(31)44-25-17-18-29-27-12-5-7-15-34(27)43(35(29)20-25)37-16-8-9-19-39-37;/h2-19,21,23H,1H3;/q-2;+2. The SMILES string of the molecule is Cc1ccccc1-c1cc2c([c-]c1Oc1[c-]c3c(cc1)c1ccccc1n3-c1ccccn1)c1nncn1c1ccccc21.[Pt+2]. The first-order valence-electron chi connectivity index (χ1n) is 14.5. The summed E-state index contributed by atoms with van der Waals surface area (Å²) in [6, 6.07) is 44.4. The van der Waals surface area contributed by atoms with Crippen molar-refractivity contribution in [2.45, 2.75) is 6.92 Å². The van der Waals surface area contributed by atoms with E-state index >= 15 is 0 Å². The Labute approximate surface area is 272 Å². The van der Waals surface area contributed by atoms with E-state index in [-0.39, 0.29) is 21.1 Å². The van der Waals surface area contributed by atoms with Gasteiger partial charge in [-0.15, -0.1) is 28.7 Å². The van der Waals surface area contributed by atoms with Crippen molar-refractivity contribution in [1.29, 1.82) is 0 Å². The maximum atomic E-state index is 6.76. The molecule has 0 fully saturated rings. The Morgan fingerprint density at radius 1 is 0.689 bits per heavy atom. The van der Waals surface area contributed by atoms with Gasteiger partial charge >= 0.3 is 21.1 Å². The van der Waals surface area contributed by atoms with Crippen LogP contribution in [0.1, 0.15) is 5.56 Å². The van der Waals surface area contributed by atoms with Crippen LogP contribution in [0.5, 0.6) is 11.5 Å². The van der Waals surface area contributed by atoms with Crippen LogP contribution >= 0.6 is 0 Å². The number of aryl methyl sites for hydroxylation is 1. The van der Waals surface area contributed by atoms with Crippen molar-refractivity contribution in [3.63, 3.8) is 0 Å². The molecule has 0 bridgehead atoms. The number of para-hydroxylation sites is 2. The number of aromatic nitrogens is 5. The van der Waals surface area contributed by atoms with Gasteiger partial charge in [-0.05, 0) is 42.0 Å². The van der Waals surface area contributed by atoms with Crippen molar-refractivity contribution >= 4 is 49.1 Å². The van der Waals surface area contributed by atoms with Crippen LogP contribution in [0.25, 0.3) is 66.1 Å². The molecular formula is C38H23N5OPt. The molecule has 4 heterocycles. The molecule has 0 atom stereocenters. The summed E-state index contributed by atoms with van der Waals surface area (Å²) in [4.78, 5) is 4.66. The van der Waals surface area contributed by atoms with Gasteiger partial charge < -0.3 is 13.7 Å². The van der Waals surface area contributed by atoms with E-state index in [1.54, 1.807) is 6.33 Å². The van der Waals surface area contributed by atoms with Crippen molar-refractivity contribution in [3.05, 3.63) is 139 Å². The van der Waals surface area contributed by atoms with E-state index in [1.807, 2.05) is 47.0 Å². The minimum absolute atomic E-state index is 0. The Morgan fingerprint density at radius 2 is 1.44 bits per heavy atom. The van der Waals surface area contributed by atoms with E-state index in [0.717, 1.165) is 71.6 Å². The number of fused-ring (bicyclic) bond motifs is 9. The number of pyridine rings is 2. The summed E-state index contributed by atoms with van der Waals surface area (Å²) in [5, 5.41) is 13.9. The molecule has 216 valence electrons. The summed E-state index contributed by atoms with van der Waals surface area (Å²) >= 11 is 0. The van der Waals surface area contributed by atoms with E-state index < -0.39 is 0 Å². The molecule has 0 spiro atoms. The van der Waals surface area contributed by atoms with Crippen LogP contribution in [0.3, 0.4) is 0 Å². The zero-order valence-corrected chi connectivity index (χ0v) is 26.3. The molecule has 0 aliphatic carbocycles. The van der Waals surface area contributed by atoms with Gasteiger partial charge in [0.2, 0.25) is 0 Å². The van der Waals surface area contributed by atoms with Crippen LogP contribution in [0.2, 0.25) is 0 Å². The largest absolute Gasteiger partial charge is 2.00 e. The number of hydrogen-bond donors (Lipinski definition) is 0. The van der Waals surface area contributed by atoms with E-state index in [9.17, 15) is 0 Å². The average Bonchev–Trinajstić information content (AvgIpc) is 3.69. The van der Waals surface area contributed by atoms with Gasteiger partial charge in [-0.1, -0.05) is 106 Å². The molecule has 0 saturated carbocycles. The Hall–Kier alpha value is -5.32. The molecule has 7 heteroatoms. The molecule has 0 amide bonds. The van der Waals surface area contributed by atoms with Gasteiger partial charge in [0.15, 0.2) is 0 Å². The van der Waals surface area contributed by atoms with Crippen LogP contribution in [0.4, 0.5) is 0 Å². The van der Waals surface area contributed by atoms with Crippen molar-refractivity contribution in [2.24, 2.45) is 0 Å². The summed E-state index contributed by atoms with van der Waals surface area (Å²) in [5.74, 6) is 2.01. The van der Waals surface area contributed by atoms with Gasteiger partial charge in [0.25, 0.3) is 0 Å². The van der Waals surface area contributed by atoms with Gasteiger partial charge in [-0.2, -0.15) is 11.2 Å². The fraction of sp³-hybridized carbons (Fsp3) is 0.0263. The van der Waals surface area contributed by atoms with Crippen molar-refractivity contribution in [2.75, 3.05) is 0 Å². The minimum Gasteiger partial charge on any atom is -0.502 e. The van der Waals surface area contributed by atoms with Crippen LogP contribution in [-0.4, -0.2) is 24.1 Å². The molecule has 5 aromatic carbocycles. The third kappa shape index (κ3) is 4.25. The minimum atomic E-state index is 0. The number of rotatable bonds is 4. The molecule has 45 heavy (non-hydrogen) atoms. The normalized spacial score (nSPS) is 11.5. The summed E-state index contributed by atoms with van der Waals surface area (Å²) in [6.07, 6.45) is 3.56. The number of benzene rings is 5. The summed E-state index contributed by atoms with van der Waals surface area (Å²) in [5.41, 5.74) is 6.90. The second-order valence-corrected chi connectivity index (χ2v) is 10.9. The fourth-order valence-corrected chi connectivity index (χ4v) is 6.34. The molecule has 0 saturated heterocycles. The van der Waals surface area contributed by atoms with E-state index in [1.165, 1.54) is 0 Å². The molecule has 9 aromatic rings. The Kier molecular flexibility index (Phi) is 6.47. The second-order valence-electron chi connectivity index (χ2n) is 10.9. The zero-order chi connectivity index (χ0) is 29.2. The van der Waals surface area contributed by atoms with Crippen LogP contribution < -0.4 is 4.74 Å².